The number of rotatable bonds is 1. The molecule has 2 nitrogen and oxygen atoms in total. The first-order chi connectivity index (χ1) is 12.4. The largest absolute Gasteiger partial charge is 0.300 e. The highest BCUT2D eigenvalue weighted by molar-refractivity contribution is 5.97. The van der Waals surface area contributed by atoms with Gasteiger partial charge in [0.25, 0.3) is 0 Å². The molecule has 0 amide bonds. The molecule has 2 heteroatoms. The normalized spacial score (nSPS) is 50.3. The molecule has 3 unspecified atom stereocenters. The summed E-state index contributed by atoms with van der Waals surface area (Å²) in [5.41, 5.74) is 1.70. The number of Topliss-reactive ketones (excluding diaryl/α,β-unsaturated/α-hetero) is 1. The van der Waals surface area contributed by atoms with Crippen LogP contribution in [0.2, 0.25) is 0 Å². The molecule has 0 heterocycles. The summed E-state index contributed by atoms with van der Waals surface area (Å²) in [6.45, 7) is 10.6. The summed E-state index contributed by atoms with van der Waals surface area (Å²) in [5, 5.41) is 0. The van der Waals surface area contributed by atoms with Gasteiger partial charge in [0.15, 0.2) is 5.78 Å². The molecule has 142 valence electrons. The minimum atomic E-state index is 0.197. The van der Waals surface area contributed by atoms with E-state index >= 15 is 0 Å². The summed E-state index contributed by atoms with van der Waals surface area (Å²) in [6.07, 6.45) is 12.4. The first-order valence-corrected chi connectivity index (χ1v) is 10.8. The predicted molar refractivity (Wildman–Crippen MR) is 104 cm³/mol. The van der Waals surface area contributed by atoms with Crippen LogP contribution in [0.1, 0.15) is 66.7 Å². The van der Waals surface area contributed by atoms with Crippen LogP contribution in [0.25, 0.3) is 0 Å². The Labute approximate surface area is 158 Å². The Morgan fingerprint density at radius 3 is 2.50 bits per heavy atom. The molecular formula is C24H34O2. The number of carbonyl (C=O) groups excluding carboxylic acids is 2. The molecule has 3 saturated carbocycles. The summed E-state index contributed by atoms with van der Waals surface area (Å²) in [5.74, 6) is 3.84. The van der Waals surface area contributed by atoms with Gasteiger partial charge < -0.3 is 0 Å². The number of allylic oxidation sites excluding steroid dienone is 4. The number of ketones is 2. The maximum absolute atomic E-state index is 12.2. The molecule has 0 N–H and O–H groups in total. The van der Waals surface area contributed by atoms with Gasteiger partial charge in [-0.05, 0) is 85.2 Å². The monoisotopic (exact) mass is 354 g/mol. The Bertz CT molecular complexity index is 701. The van der Waals surface area contributed by atoms with Crippen LogP contribution in [-0.2, 0) is 9.59 Å². The average molecular weight is 355 g/mol. The van der Waals surface area contributed by atoms with Crippen molar-refractivity contribution in [2.24, 2.45) is 46.3 Å². The number of fused-ring (bicyclic) bond motifs is 7. The Kier molecular flexibility index (Phi) is 4.13. The maximum atomic E-state index is 12.2. The van der Waals surface area contributed by atoms with Crippen LogP contribution < -0.4 is 0 Å². The highest BCUT2D eigenvalue weighted by Crippen LogP contribution is 2.70. The van der Waals surface area contributed by atoms with E-state index in [4.69, 9.17) is 0 Å². The van der Waals surface area contributed by atoms with Crippen molar-refractivity contribution in [2.45, 2.75) is 66.7 Å². The molecule has 0 radical (unpaired) electrons. The fourth-order valence-corrected chi connectivity index (χ4v) is 7.56. The lowest BCUT2D eigenvalue weighted by atomic mass is 9.48. The molecule has 0 bridgehead atoms. The van der Waals surface area contributed by atoms with E-state index in [0.717, 1.165) is 12.8 Å². The van der Waals surface area contributed by atoms with Crippen LogP contribution in [0.4, 0.5) is 0 Å². The summed E-state index contributed by atoms with van der Waals surface area (Å²) in [6, 6.07) is 0. The molecule has 5 aliphatic rings. The van der Waals surface area contributed by atoms with Gasteiger partial charge in [0.1, 0.15) is 5.78 Å². The van der Waals surface area contributed by atoms with E-state index in [1.165, 1.54) is 24.8 Å². The van der Waals surface area contributed by atoms with Crippen molar-refractivity contribution in [2.75, 3.05) is 0 Å². The van der Waals surface area contributed by atoms with Crippen LogP contribution in [0.3, 0.4) is 0 Å². The molecule has 0 aromatic rings. The second-order valence-corrected chi connectivity index (χ2v) is 9.67. The quantitative estimate of drug-likeness (QED) is 0.633. The van der Waals surface area contributed by atoms with Gasteiger partial charge in [-0.25, -0.2) is 0 Å². The van der Waals surface area contributed by atoms with E-state index in [1.807, 2.05) is 19.9 Å². The first-order valence-electron chi connectivity index (χ1n) is 10.8. The number of hydrogen-bond donors (Lipinski definition) is 0. The fourth-order valence-electron chi connectivity index (χ4n) is 7.56. The van der Waals surface area contributed by atoms with Crippen molar-refractivity contribution in [1.82, 2.24) is 0 Å². The van der Waals surface area contributed by atoms with Crippen molar-refractivity contribution >= 4 is 11.6 Å². The van der Waals surface area contributed by atoms with Gasteiger partial charge in [-0.15, -0.1) is 0 Å². The second kappa shape index (κ2) is 5.91. The van der Waals surface area contributed by atoms with Gasteiger partial charge in [-0.2, -0.15) is 0 Å². The summed E-state index contributed by atoms with van der Waals surface area (Å²) < 4.78 is 0. The first kappa shape index (κ1) is 18.2. The summed E-state index contributed by atoms with van der Waals surface area (Å²) >= 11 is 0. The van der Waals surface area contributed by atoms with Crippen LogP contribution in [-0.4, -0.2) is 11.6 Å². The molecule has 0 aromatic heterocycles. The molecule has 0 saturated heterocycles. The zero-order chi connectivity index (χ0) is 18.9. The Morgan fingerprint density at radius 1 is 1.08 bits per heavy atom. The van der Waals surface area contributed by atoms with Crippen LogP contribution in [0, 0.1) is 46.3 Å². The second-order valence-electron chi connectivity index (χ2n) is 9.67. The van der Waals surface area contributed by atoms with Crippen molar-refractivity contribution in [3.63, 3.8) is 0 Å². The third kappa shape index (κ3) is 2.17. The number of carbonyl (C=O) groups is 2. The Balaban J connectivity index is 0.000000814. The van der Waals surface area contributed by atoms with E-state index in [2.05, 4.69) is 26.0 Å². The number of hydrogen-bond acceptors (Lipinski definition) is 2. The summed E-state index contributed by atoms with van der Waals surface area (Å²) in [7, 11) is 0. The topological polar surface area (TPSA) is 34.1 Å². The Hall–Kier alpha value is -1.18. The van der Waals surface area contributed by atoms with Gasteiger partial charge >= 0.3 is 0 Å². The summed E-state index contributed by atoms with van der Waals surface area (Å²) in [4.78, 5) is 24.4. The molecule has 26 heavy (non-hydrogen) atoms. The van der Waals surface area contributed by atoms with E-state index in [1.54, 1.807) is 6.92 Å². The molecule has 5 rings (SSSR count). The molecule has 0 aliphatic heterocycles. The van der Waals surface area contributed by atoms with Gasteiger partial charge in [-0.1, -0.05) is 39.8 Å². The van der Waals surface area contributed by atoms with Crippen molar-refractivity contribution in [1.29, 1.82) is 0 Å². The molecule has 0 aromatic carbocycles. The molecule has 0 spiro atoms. The van der Waals surface area contributed by atoms with E-state index in [9.17, 15) is 9.59 Å². The van der Waals surface area contributed by atoms with E-state index < -0.39 is 0 Å². The standard InChI is InChI=1S/C22H28O2.C2H6/c1-12(23)16-6-7-17-14-5-4-13-10-20(24)15-11-19(15)22(13,3)18(14)8-9-21(16,17)2;1-2/h4-5,10,14-19H,6-9,11H2,1-3H3;1-2H3/t14-,15?,16+,17-,18+,19?,21?,22+;/m0./s1. The van der Waals surface area contributed by atoms with Gasteiger partial charge in [-0.3, -0.25) is 9.59 Å². The lowest BCUT2D eigenvalue weighted by molar-refractivity contribution is -0.127. The smallest absolute Gasteiger partial charge is 0.159 e. The third-order valence-corrected chi connectivity index (χ3v) is 8.94. The van der Waals surface area contributed by atoms with Crippen molar-refractivity contribution in [3.8, 4) is 0 Å². The highest BCUT2D eigenvalue weighted by Gasteiger charge is 2.65. The van der Waals surface area contributed by atoms with E-state index in [0.29, 0.717) is 41.2 Å². The lowest BCUT2D eigenvalue weighted by Gasteiger charge is -2.56. The minimum Gasteiger partial charge on any atom is -0.300 e. The lowest BCUT2D eigenvalue weighted by Crippen LogP contribution is -2.50. The average Bonchev–Trinajstić information content (AvgIpc) is 3.35. The van der Waals surface area contributed by atoms with Gasteiger partial charge in [0.05, 0.1) is 0 Å². The molecule has 5 aliphatic carbocycles. The fraction of sp³-hybridized carbons (Fsp3) is 0.750. The van der Waals surface area contributed by atoms with Crippen molar-refractivity contribution in [3.05, 3.63) is 23.8 Å². The SMILES string of the molecule is CC.CC(=O)[C@H]1CC[C@H]2[C@@H]3C=CC4=CC(=O)C5CC5[C@@]4(C)[C@@H]3CCC12C. The molecule has 8 atom stereocenters. The zero-order valence-corrected chi connectivity index (χ0v) is 17.0. The maximum Gasteiger partial charge on any atom is 0.159 e. The zero-order valence-electron chi connectivity index (χ0n) is 17.0. The minimum absolute atomic E-state index is 0.197. The van der Waals surface area contributed by atoms with Crippen LogP contribution in [0.15, 0.2) is 23.8 Å². The Morgan fingerprint density at radius 2 is 1.81 bits per heavy atom. The van der Waals surface area contributed by atoms with Gasteiger partial charge in [0, 0.05) is 11.8 Å². The van der Waals surface area contributed by atoms with Crippen LogP contribution >= 0.6 is 0 Å². The predicted octanol–water partition coefficient (Wildman–Crippen LogP) is 5.38. The highest BCUT2D eigenvalue weighted by atomic mass is 16.1. The van der Waals surface area contributed by atoms with Crippen LogP contribution in [0.5, 0.6) is 0 Å². The van der Waals surface area contributed by atoms with Gasteiger partial charge in [0.2, 0.25) is 0 Å². The molecule has 3 fully saturated rings. The third-order valence-electron chi connectivity index (χ3n) is 8.94. The molecular weight excluding hydrogens is 320 g/mol. The van der Waals surface area contributed by atoms with E-state index in [-0.39, 0.29) is 16.7 Å². The van der Waals surface area contributed by atoms with Crippen molar-refractivity contribution < 1.29 is 9.59 Å².